The fourth-order valence-electron chi connectivity index (χ4n) is 0.908. The molecule has 56 valence electrons. The molecule has 3 heteroatoms. The van der Waals surface area contributed by atoms with Crippen LogP contribution in [-0.2, 0) is 13.6 Å². The van der Waals surface area contributed by atoms with Gasteiger partial charge in [0.2, 0.25) is 0 Å². The molecule has 0 spiro atoms. The number of rotatable bonds is 2. The van der Waals surface area contributed by atoms with Crippen molar-refractivity contribution in [2.45, 2.75) is 13.5 Å². The molecule has 10 heavy (non-hydrogen) atoms. The van der Waals surface area contributed by atoms with E-state index in [2.05, 4.69) is 17.3 Å². The van der Waals surface area contributed by atoms with Crippen LogP contribution in [0.1, 0.15) is 11.3 Å². The Morgan fingerprint density at radius 2 is 2.40 bits per heavy atom. The second kappa shape index (κ2) is 2.84. The Morgan fingerprint density at radius 1 is 1.70 bits per heavy atom. The summed E-state index contributed by atoms with van der Waals surface area (Å²) in [5, 5.41) is 7.20. The highest BCUT2D eigenvalue weighted by molar-refractivity contribution is 5.15. The Bertz CT molecular complexity index is 215. The fourth-order valence-corrected chi connectivity index (χ4v) is 0.908. The summed E-state index contributed by atoms with van der Waals surface area (Å²) in [6, 6.07) is 0. The third-order valence-corrected chi connectivity index (χ3v) is 1.70. The molecule has 0 saturated carbocycles. The van der Waals surface area contributed by atoms with Gasteiger partial charge in [-0.15, -0.1) is 0 Å². The van der Waals surface area contributed by atoms with Crippen LogP contribution in [0.4, 0.5) is 0 Å². The van der Waals surface area contributed by atoms with Crippen molar-refractivity contribution in [1.29, 1.82) is 0 Å². The zero-order valence-electron chi connectivity index (χ0n) is 6.68. The largest absolute Gasteiger partial charge is 0.316 e. The minimum atomic E-state index is 0.902. The molecule has 0 saturated heterocycles. The van der Waals surface area contributed by atoms with Crippen molar-refractivity contribution in [3.8, 4) is 0 Å². The summed E-state index contributed by atoms with van der Waals surface area (Å²) in [5.74, 6) is 0. The summed E-state index contributed by atoms with van der Waals surface area (Å²) in [4.78, 5) is 0. The molecule has 1 heterocycles. The van der Waals surface area contributed by atoms with Gasteiger partial charge in [-0.3, -0.25) is 4.68 Å². The van der Waals surface area contributed by atoms with Gasteiger partial charge in [-0.25, -0.2) is 0 Å². The van der Waals surface area contributed by atoms with Crippen molar-refractivity contribution in [2.75, 3.05) is 7.05 Å². The van der Waals surface area contributed by atoms with E-state index in [4.69, 9.17) is 0 Å². The summed E-state index contributed by atoms with van der Waals surface area (Å²) in [7, 11) is 3.89. The van der Waals surface area contributed by atoms with Gasteiger partial charge in [-0.05, 0) is 14.0 Å². The van der Waals surface area contributed by atoms with E-state index in [-0.39, 0.29) is 0 Å². The number of nitrogens with zero attached hydrogens (tertiary/aromatic N) is 2. The molecule has 1 aromatic heterocycles. The molecule has 0 bridgehead atoms. The quantitative estimate of drug-likeness (QED) is 0.644. The summed E-state index contributed by atoms with van der Waals surface area (Å²) in [5.41, 5.74) is 2.50. The van der Waals surface area contributed by atoms with Crippen LogP contribution in [0.2, 0.25) is 0 Å². The summed E-state index contributed by atoms with van der Waals surface area (Å²) >= 11 is 0. The molecule has 0 atom stereocenters. The number of aromatic nitrogens is 2. The van der Waals surface area contributed by atoms with Crippen molar-refractivity contribution >= 4 is 0 Å². The number of hydrogen-bond acceptors (Lipinski definition) is 2. The Labute approximate surface area is 61.0 Å². The van der Waals surface area contributed by atoms with Gasteiger partial charge in [-0.2, -0.15) is 5.10 Å². The summed E-state index contributed by atoms with van der Waals surface area (Å²) in [6.45, 7) is 2.97. The van der Waals surface area contributed by atoms with Gasteiger partial charge in [0.1, 0.15) is 0 Å². The third kappa shape index (κ3) is 1.19. The molecular formula is C7H13N3. The van der Waals surface area contributed by atoms with Crippen molar-refractivity contribution in [1.82, 2.24) is 15.1 Å². The average Bonchev–Trinajstić information content (AvgIpc) is 2.20. The molecule has 0 fully saturated rings. The van der Waals surface area contributed by atoms with E-state index in [9.17, 15) is 0 Å². The van der Waals surface area contributed by atoms with E-state index >= 15 is 0 Å². The van der Waals surface area contributed by atoms with Crippen molar-refractivity contribution in [3.63, 3.8) is 0 Å². The maximum atomic E-state index is 4.11. The van der Waals surface area contributed by atoms with Crippen LogP contribution in [0.15, 0.2) is 6.20 Å². The normalized spacial score (nSPS) is 10.3. The van der Waals surface area contributed by atoms with Gasteiger partial charge in [0, 0.05) is 24.8 Å². The molecule has 1 aromatic rings. The monoisotopic (exact) mass is 139 g/mol. The Balaban J connectivity index is 2.83. The second-order valence-electron chi connectivity index (χ2n) is 2.41. The van der Waals surface area contributed by atoms with Crippen LogP contribution in [0.3, 0.4) is 0 Å². The zero-order valence-corrected chi connectivity index (χ0v) is 6.68. The predicted octanol–water partition coefficient (Wildman–Crippen LogP) is 0.448. The van der Waals surface area contributed by atoms with Gasteiger partial charge in [-0.1, -0.05) is 0 Å². The van der Waals surface area contributed by atoms with Crippen LogP contribution in [0.5, 0.6) is 0 Å². The smallest absolute Gasteiger partial charge is 0.0537 e. The lowest BCUT2D eigenvalue weighted by atomic mass is 10.3. The predicted molar refractivity (Wildman–Crippen MR) is 40.7 cm³/mol. The van der Waals surface area contributed by atoms with E-state index in [1.165, 1.54) is 11.3 Å². The molecule has 0 aliphatic rings. The van der Waals surface area contributed by atoms with Gasteiger partial charge >= 0.3 is 0 Å². The highest BCUT2D eigenvalue weighted by Crippen LogP contribution is 2.03. The standard InChI is InChI=1S/C7H13N3/c1-6-7(4-8-2)5-9-10(6)3/h5,8H,4H2,1-3H3. The first kappa shape index (κ1) is 7.28. The third-order valence-electron chi connectivity index (χ3n) is 1.70. The van der Waals surface area contributed by atoms with E-state index in [1.54, 1.807) is 0 Å². The van der Waals surface area contributed by atoms with Crippen LogP contribution in [0, 0.1) is 6.92 Å². The van der Waals surface area contributed by atoms with Crippen LogP contribution >= 0.6 is 0 Å². The molecule has 0 aliphatic heterocycles. The number of nitrogens with one attached hydrogen (secondary N) is 1. The molecule has 3 nitrogen and oxygen atoms in total. The van der Waals surface area contributed by atoms with E-state index in [0.29, 0.717) is 0 Å². The molecule has 0 radical (unpaired) electrons. The lowest BCUT2D eigenvalue weighted by Gasteiger charge is -1.97. The Hall–Kier alpha value is -0.830. The summed E-state index contributed by atoms with van der Waals surface area (Å²) < 4.78 is 1.88. The van der Waals surface area contributed by atoms with Crippen molar-refractivity contribution in [2.24, 2.45) is 7.05 Å². The average molecular weight is 139 g/mol. The lowest BCUT2D eigenvalue weighted by Crippen LogP contribution is -2.05. The first-order valence-corrected chi connectivity index (χ1v) is 3.37. The first-order valence-electron chi connectivity index (χ1n) is 3.37. The van der Waals surface area contributed by atoms with Crippen LogP contribution in [-0.4, -0.2) is 16.8 Å². The second-order valence-corrected chi connectivity index (χ2v) is 2.41. The van der Waals surface area contributed by atoms with Gasteiger partial charge in [0.15, 0.2) is 0 Å². The fraction of sp³-hybridized carbons (Fsp3) is 0.571. The van der Waals surface area contributed by atoms with Crippen molar-refractivity contribution < 1.29 is 0 Å². The highest BCUT2D eigenvalue weighted by atomic mass is 15.3. The lowest BCUT2D eigenvalue weighted by molar-refractivity contribution is 0.733. The molecule has 0 unspecified atom stereocenters. The van der Waals surface area contributed by atoms with Gasteiger partial charge in [0.25, 0.3) is 0 Å². The first-order chi connectivity index (χ1) is 4.75. The van der Waals surface area contributed by atoms with E-state index in [1.807, 2.05) is 25.0 Å². The van der Waals surface area contributed by atoms with Crippen LogP contribution in [0.25, 0.3) is 0 Å². The number of hydrogen-bond donors (Lipinski definition) is 1. The number of aryl methyl sites for hydroxylation is 1. The van der Waals surface area contributed by atoms with E-state index < -0.39 is 0 Å². The topological polar surface area (TPSA) is 29.9 Å². The Morgan fingerprint density at radius 3 is 2.80 bits per heavy atom. The zero-order chi connectivity index (χ0) is 7.56. The van der Waals surface area contributed by atoms with Gasteiger partial charge in [0.05, 0.1) is 6.20 Å². The minimum Gasteiger partial charge on any atom is -0.316 e. The molecule has 0 aromatic carbocycles. The molecule has 0 amide bonds. The van der Waals surface area contributed by atoms with E-state index in [0.717, 1.165) is 6.54 Å². The molecule has 1 rings (SSSR count). The highest BCUT2D eigenvalue weighted by Gasteiger charge is 1.99. The molecular weight excluding hydrogens is 126 g/mol. The summed E-state index contributed by atoms with van der Waals surface area (Å²) in [6.07, 6.45) is 1.89. The molecule has 1 N–H and O–H groups in total. The SMILES string of the molecule is CNCc1cnn(C)c1C. The van der Waals surface area contributed by atoms with Gasteiger partial charge < -0.3 is 5.32 Å². The minimum absolute atomic E-state index is 0.902. The maximum absolute atomic E-state index is 4.11. The Kier molecular flexibility index (Phi) is 2.06. The van der Waals surface area contributed by atoms with Crippen molar-refractivity contribution in [3.05, 3.63) is 17.5 Å². The maximum Gasteiger partial charge on any atom is 0.0537 e. The van der Waals surface area contributed by atoms with Crippen LogP contribution < -0.4 is 5.32 Å². The molecule has 0 aliphatic carbocycles.